The van der Waals surface area contributed by atoms with Gasteiger partial charge in [0.05, 0.1) is 0 Å². The average Bonchev–Trinajstić information content (AvgIpc) is 2.55. The summed E-state index contributed by atoms with van der Waals surface area (Å²) in [7, 11) is -0.0284. The van der Waals surface area contributed by atoms with Gasteiger partial charge in [0.15, 0.2) is 0 Å². The molecule has 1 aromatic rings. The fourth-order valence-corrected chi connectivity index (χ4v) is 4.70. The highest BCUT2D eigenvalue weighted by Crippen LogP contribution is 2.56. The second-order valence-electron chi connectivity index (χ2n) is 3.93. The van der Waals surface area contributed by atoms with Gasteiger partial charge < -0.3 is 0 Å². The minimum Gasteiger partial charge on any atom is -0.0836 e. The molecule has 0 amide bonds. The van der Waals surface area contributed by atoms with Crippen LogP contribution in [0.25, 0.3) is 0 Å². The summed E-state index contributed by atoms with van der Waals surface area (Å²) in [5, 5.41) is 3.27. The van der Waals surface area contributed by atoms with Crippen molar-refractivity contribution >= 4 is 13.2 Å². The molecule has 2 aliphatic rings. The normalized spacial score (nSPS) is 28.2. The van der Waals surface area contributed by atoms with Crippen LogP contribution in [0.2, 0.25) is 0 Å². The summed E-state index contributed by atoms with van der Waals surface area (Å²) >= 11 is 0. The summed E-state index contributed by atoms with van der Waals surface area (Å²) in [5.41, 5.74) is 1.58. The standard InChI is InChI=1S/C13H13P/c1-14-12-8-4-2-6-10(12)11-7-3-5-9-13(11)14/h2-6,8-9,11H,7H2,1H3. The zero-order valence-electron chi connectivity index (χ0n) is 8.27. The first-order valence-corrected chi connectivity index (χ1v) is 6.86. The van der Waals surface area contributed by atoms with Crippen LogP contribution in [-0.2, 0) is 0 Å². The van der Waals surface area contributed by atoms with Crippen molar-refractivity contribution < 1.29 is 0 Å². The summed E-state index contributed by atoms with van der Waals surface area (Å²) in [5.74, 6) is 0.701. The first-order chi connectivity index (χ1) is 6.88. The highest BCUT2D eigenvalue weighted by atomic mass is 31.1. The lowest BCUT2D eigenvalue weighted by Crippen LogP contribution is -2.01. The second-order valence-corrected chi connectivity index (χ2v) is 6.04. The van der Waals surface area contributed by atoms with Crippen LogP contribution >= 0.6 is 7.92 Å². The molecule has 3 rings (SSSR count). The molecule has 0 spiro atoms. The van der Waals surface area contributed by atoms with Gasteiger partial charge in [-0.1, -0.05) is 50.4 Å². The fraction of sp³-hybridized carbons (Fsp3) is 0.231. The number of hydrogen-bond donors (Lipinski definition) is 0. The Hall–Kier alpha value is -0.870. The van der Waals surface area contributed by atoms with E-state index in [-0.39, 0.29) is 7.92 Å². The van der Waals surface area contributed by atoms with Crippen LogP contribution in [0.5, 0.6) is 0 Å². The maximum Gasteiger partial charge on any atom is 0.0138 e. The largest absolute Gasteiger partial charge is 0.0836 e. The predicted octanol–water partition coefficient (Wildman–Crippen LogP) is 3.36. The van der Waals surface area contributed by atoms with Crippen LogP contribution in [0.4, 0.5) is 0 Å². The van der Waals surface area contributed by atoms with Crippen LogP contribution in [0.3, 0.4) is 0 Å². The maximum absolute atomic E-state index is 2.39. The van der Waals surface area contributed by atoms with Gasteiger partial charge in [0.1, 0.15) is 0 Å². The first-order valence-electron chi connectivity index (χ1n) is 5.07. The van der Waals surface area contributed by atoms with Crippen molar-refractivity contribution in [1.82, 2.24) is 0 Å². The van der Waals surface area contributed by atoms with E-state index in [1.165, 1.54) is 6.42 Å². The van der Waals surface area contributed by atoms with Gasteiger partial charge in [-0.25, -0.2) is 0 Å². The SMILES string of the molecule is CP1C2=CC=CCC2c2ccccc21. The van der Waals surface area contributed by atoms with Gasteiger partial charge in [0, 0.05) is 5.92 Å². The van der Waals surface area contributed by atoms with Crippen molar-refractivity contribution in [2.24, 2.45) is 0 Å². The summed E-state index contributed by atoms with van der Waals surface area (Å²) in [6.45, 7) is 2.39. The fourth-order valence-electron chi connectivity index (χ4n) is 2.48. The molecule has 14 heavy (non-hydrogen) atoms. The van der Waals surface area contributed by atoms with Crippen molar-refractivity contribution in [3.63, 3.8) is 0 Å². The molecule has 1 aliphatic heterocycles. The van der Waals surface area contributed by atoms with Crippen molar-refractivity contribution in [3.8, 4) is 0 Å². The maximum atomic E-state index is 2.39. The quantitative estimate of drug-likeness (QED) is 0.563. The highest BCUT2D eigenvalue weighted by Gasteiger charge is 2.32. The molecule has 0 nitrogen and oxygen atoms in total. The van der Waals surface area contributed by atoms with Crippen LogP contribution < -0.4 is 5.30 Å². The molecule has 1 heteroatoms. The van der Waals surface area contributed by atoms with E-state index >= 15 is 0 Å². The van der Waals surface area contributed by atoms with Crippen molar-refractivity contribution in [1.29, 1.82) is 0 Å². The van der Waals surface area contributed by atoms with Gasteiger partial charge in [-0.2, -0.15) is 0 Å². The third-order valence-electron chi connectivity index (χ3n) is 3.19. The number of allylic oxidation sites excluding steroid dienone is 4. The summed E-state index contributed by atoms with van der Waals surface area (Å²) < 4.78 is 0. The molecule has 0 aromatic heterocycles. The Morgan fingerprint density at radius 3 is 3.07 bits per heavy atom. The second kappa shape index (κ2) is 3.07. The lowest BCUT2D eigenvalue weighted by atomic mass is 9.93. The van der Waals surface area contributed by atoms with Crippen LogP contribution in [0.1, 0.15) is 17.9 Å². The summed E-state index contributed by atoms with van der Waals surface area (Å²) in [6.07, 6.45) is 8.05. The Morgan fingerprint density at radius 1 is 1.29 bits per heavy atom. The molecule has 70 valence electrons. The molecule has 1 aromatic carbocycles. The molecular weight excluding hydrogens is 187 g/mol. The zero-order chi connectivity index (χ0) is 9.54. The molecule has 1 heterocycles. The third-order valence-corrected chi connectivity index (χ3v) is 5.56. The molecule has 2 atom stereocenters. The van der Waals surface area contributed by atoms with Crippen molar-refractivity contribution in [2.75, 3.05) is 6.66 Å². The smallest absolute Gasteiger partial charge is 0.0138 e. The van der Waals surface area contributed by atoms with Gasteiger partial charge in [0.2, 0.25) is 0 Å². The minimum absolute atomic E-state index is 0.0284. The van der Waals surface area contributed by atoms with E-state index in [4.69, 9.17) is 0 Å². The third kappa shape index (κ3) is 1.04. The van der Waals surface area contributed by atoms with Crippen LogP contribution in [0.15, 0.2) is 47.8 Å². The number of benzene rings is 1. The Bertz CT molecular complexity index is 429. The van der Waals surface area contributed by atoms with Gasteiger partial charge in [-0.15, -0.1) is 0 Å². The number of hydrogen-bond acceptors (Lipinski definition) is 0. The Labute approximate surface area is 86.1 Å². The molecule has 0 saturated heterocycles. The Morgan fingerprint density at radius 2 is 2.14 bits per heavy atom. The van der Waals surface area contributed by atoms with E-state index < -0.39 is 0 Å². The molecule has 0 radical (unpaired) electrons. The summed E-state index contributed by atoms with van der Waals surface area (Å²) in [6, 6.07) is 8.95. The zero-order valence-corrected chi connectivity index (χ0v) is 9.17. The van der Waals surface area contributed by atoms with Crippen molar-refractivity contribution in [3.05, 3.63) is 53.4 Å². The van der Waals surface area contributed by atoms with E-state index in [2.05, 4.69) is 49.2 Å². The van der Waals surface area contributed by atoms with Crippen molar-refractivity contribution in [2.45, 2.75) is 12.3 Å². The highest BCUT2D eigenvalue weighted by molar-refractivity contribution is 7.69. The molecular formula is C13H13P. The molecule has 0 saturated carbocycles. The van der Waals surface area contributed by atoms with Crippen LogP contribution in [-0.4, -0.2) is 6.66 Å². The van der Waals surface area contributed by atoms with Gasteiger partial charge in [0.25, 0.3) is 0 Å². The van der Waals surface area contributed by atoms with Gasteiger partial charge in [-0.3, -0.25) is 0 Å². The van der Waals surface area contributed by atoms with E-state index in [9.17, 15) is 0 Å². The molecule has 1 aliphatic carbocycles. The van der Waals surface area contributed by atoms with Gasteiger partial charge in [-0.05, 0) is 29.3 Å². The Balaban J connectivity index is 2.19. The lowest BCUT2D eigenvalue weighted by Gasteiger charge is -2.15. The first kappa shape index (κ1) is 8.44. The average molecular weight is 200 g/mol. The van der Waals surface area contributed by atoms with E-state index in [1.54, 1.807) is 16.2 Å². The minimum atomic E-state index is -0.0284. The van der Waals surface area contributed by atoms with E-state index in [0.717, 1.165) is 0 Å². The number of rotatable bonds is 0. The van der Waals surface area contributed by atoms with E-state index in [1.807, 2.05) is 0 Å². The summed E-state index contributed by atoms with van der Waals surface area (Å²) in [4.78, 5) is 0. The molecule has 0 N–H and O–H groups in total. The lowest BCUT2D eigenvalue weighted by molar-refractivity contribution is 0.854. The Kier molecular flexibility index (Phi) is 1.85. The van der Waals surface area contributed by atoms with Crippen LogP contribution in [0, 0.1) is 0 Å². The molecule has 2 unspecified atom stereocenters. The van der Waals surface area contributed by atoms with Gasteiger partial charge >= 0.3 is 0 Å². The number of fused-ring (bicyclic) bond motifs is 3. The molecule has 0 fully saturated rings. The topological polar surface area (TPSA) is 0 Å². The van der Waals surface area contributed by atoms with E-state index in [0.29, 0.717) is 5.92 Å². The monoisotopic (exact) mass is 200 g/mol. The molecule has 0 bridgehead atoms. The predicted molar refractivity (Wildman–Crippen MR) is 63.5 cm³/mol.